The zero-order chi connectivity index (χ0) is 17.9. The molecule has 0 fully saturated rings. The lowest BCUT2D eigenvalue weighted by Crippen LogP contribution is -2.48. The third kappa shape index (κ3) is 3.73. The van der Waals surface area contributed by atoms with Crippen molar-refractivity contribution in [2.24, 2.45) is 5.92 Å². The molecule has 134 valence electrons. The quantitative estimate of drug-likeness (QED) is 0.473. The van der Waals surface area contributed by atoms with Gasteiger partial charge in [-0.05, 0) is 6.08 Å². The van der Waals surface area contributed by atoms with Crippen LogP contribution in [0.1, 0.15) is 18.7 Å². The first-order valence-corrected chi connectivity index (χ1v) is 7.37. The number of ether oxygens (including phenoxy) is 2. The van der Waals surface area contributed by atoms with Gasteiger partial charge in [0, 0.05) is 13.0 Å². The summed E-state index contributed by atoms with van der Waals surface area (Å²) < 4.78 is 11.7. The van der Waals surface area contributed by atoms with Crippen LogP contribution in [0.15, 0.2) is 18.0 Å². The molecule has 1 aliphatic rings. The average molecular weight is 343 g/mol. The van der Waals surface area contributed by atoms with Gasteiger partial charge in [0.2, 0.25) is 5.76 Å². The van der Waals surface area contributed by atoms with E-state index in [1.165, 1.54) is 17.9 Å². The molecule has 0 saturated heterocycles. The maximum Gasteiger partial charge on any atom is 0.370 e. The number of aliphatic carboxylic acids is 1. The van der Waals surface area contributed by atoms with Gasteiger partial charge in [-0.25, -0.2) is 9.48 Å². The highest BCUT2D eigenvalue weighted by atomic mass is 16.5. The summed E-state index contributed by atoms with van der Waals surface area (Å²) in [5.74, 6) is -2.11. The Balaban J connectivity index is 2.33. The third-order valence-corrected chi connectivity index (χ3v) is 3.93. The van der Waals surface area contributed by atoms with Gasteiger partial charge in [-0.15, -0.1) is 5.10 Å². The van der Waals surface area contributed by atoms with Crippen LogP contribution in [0.2, 0.25) is 0 Å². The second kappa shape index (κ2) is 7.71. The number of aliphatic hydroxyl groups is 3. The molecule has 0 saturated carbocycles. The molecule has 24 heavy (non-hydrogen) atoms. The van der Waals surface area contributed by atoms with Crippen molar-refractivity contribution < 1.29 is 34.7 Å². The minimum atomic E-state index is -1.46. The summed E-state index contributed by atoms with van der Waals surface area (Å²) >= 11 is 0. The van der Waals surface area contributed by atoms with E-state index in [2.05, 4.69) is 10.3 Å². The van der Waals surface area contributed by atoms with Gasteiger partial charge in [0.1, 0.15) is 24.0 Å². The molecule has 0 amide bonds. The van der Waals surface area contributed by atoms with E-state index >= 15 is 0 Å². The van der Waals surface area contributed by atoms with Crippen LogP contribution in [0.25, 0.3) is 0 Å². The zero-order valence-electron chi connectivity index (χ0n) is 13.3. The highest BCUT2D eigenvalue weighted by molar-refractivity contribution is 5.84. The lowest BCUT2D eigenvalue weighted by atomic mass is 9.87. The van der Waals surface area contributed by atoms with Crippen LogP contribution in [-0.4, -0.2) is 73.4 Å². The number of carboxylic acid groups (broad SMARTS) is 1. The molecule has 1 aliphatic heterocycles. The SMILES string of the molecule is COCc1cn([C@H]2C=C(C(=O)O)O[C@@H]([C@H](O)[C@H](O)CO)[C@@H]2C)nn1. The normalized spacial score (nSPS) is 26.4. The predicted molar refractivity (Wildman–Crippen MR) is 78.6 cm³/mol. The van der Waals surface area contributed by atoms with Crippen molar-refractivity contribution >= 4 is 5.97 Å². The molecule has 1 aromatic heterocycles. The Bertz CT molecular complexity index is 603. The standard InChI is InChI=1S/C14H21N3O7/c1-7-9(17-4-8(6-23-2)15-16-17)3-11(14(21)22)24-13(7)12(20)10(19)5-18/h3-4,7,9-10,12-13,18-20H,5-6H2,1-2H3,(H,21,22)/t7-,9+,10-,12-,13-/m1/s1. The largest absolute Gasteiger partial charge is 0.480 e. The van der Waals surface area contributed by atoms with E-state index in [0.29, 0.717) is 5.69 Å². The molecule has 0 bridgehead atoms. The van der Waals surface area contributed by atoms with Gasteiger partial charge in [0.15, 0.2) is 0 Å². The predicted octanol–water partition coefficient (Wildman–Crippen LogP) is -1.32. The zero-order valence-corrected chi connectivity index (χ0v) is 13.3. The fraction of sp³-hybridized carbons (Fsp3) is 0.643. The molecule has 0 spiro atoms. The summed E-state index contributed by atoms with van der Waals surface area (Å²) in [5.41, 5.74) is 0.564. The molecule has 0 unspecified atom stereocenters. The highest BCUT2D eigenvalue weighted by Crippen LogP contribution is 2.34. The van der Waals surface area contributed by atoms with Crippen molar-refractivity contribution in [2.75, 3.05) is 13.7 Å². The molecule has 10 heteroatoms. The Morgan fingerprint density at radius 1 is 1.50 bits per heavy atom. The lowest BCUT2D eigenvalue weighted by Gasteiger charge is -2.37. The minimum absolute atomic E-state index is 0.252. The van der Waals surface area contributed by atoms with Crippen molar-refractivity contribution in [3.05, 3.63) is 23.7 Å². The molecule has 4 N–H and O–H groups in total. The smallest absolute Gasteiger partial charge is 0.370 e. The van der Waals surface area contributed by atoms with E-state index < -0.39 is 42.8 Å². The van der Waals surface area contributed by atoms with Crippen LogP contribution < -0.4 is 0 Å². The Hall–Kier alpha value is -2.01. The minimum Gasteiger partial charge on any atom is -0.480 e. The second-order valence-corrected chi connectivity index (χ2v) is 5.63. The summed E-state index contributed by atoms with van der Waals surface area (Å²) in [4.78, 5) is 11.3. The number of carboxylic acids is 1. The Morgan fingerprint density at radius 3 is 2.79 bits per heavy atom. The van der Waals surface area contributed by atoms with Gasteiger partial charge < -0.3 is 29.9 Å². The summed E-state index contributed by atoms with van der Waals surface area (Å²) in [6.07, 6.45) is -0.975. The molecule has 10 nitrogen and oxygen atoms in total. The first-order valence-electron chi connectivity index (χ1n) is 7.37. The van der Waals surface area contributed by atoms with Crippen molar-refractivity contribution in [1.29, 1.82) is 0 Å². The van der Waals surface area contributed by atoms with Gasteiger partial charge in [-0.3, -0.25) is 0 Å². The van der Waals surface area contributed by atoms with E-state index in [0.717, 1.165) is 0 Å². The molecule has 5 atom stereocenters. The summed E-state index contributed by atoms with van der Waals surface area (Å²) in [5, 5.41) is 45.9. The first-order chi connectivity index (χ1) is 11.4. The van der Waals surface area contributed by atoms with Crippen LogP contribution in [0, 0.1) is 5.92 Å². The van der Waals surface area contributed by atoms with E-state index in [9.17, 15) is 20.1 Å². The maximum atomic E-state index is 11.3. The van der Waals surface area contributed by atoms with Crippen molar-refractivity contribution in [1.82, 2.24) is 15.0 Å². The number of carbonyl (C=O) groups is 1. The third-order valence-electron chi connectivity index (χ3n) is 3.93. The topological polar surface area (TPSA) is 147 Å². The number of nitrogens with zero attached hydrogens (tertiary/aromatic N) is 3. The molecule has 2 heterocycles. The van der Waals surface area contributed by atoms with Crippen LogP contribution in [0.3, 0.4) is 0 Å². The van der Waals surface area contributed by atoms with E-state index in [1.807, 2.05) is 0 Å². The number of hydrogen-bond donors (Lipinski definition) is 4. The fourth-order valence-corrected chi connectivity index (χ4v) is 2.61. The van der Waals surface area contributed by atoms with Crippen LogP contribution in [-0.2, 0) is 20.9 Å². The number of aromatic nitrogens is 3. The van der Waals surface area contributed by atoms with Crippen LogP contribution in [0.4, 0.5) is 0 Å². The molecular formula is C14H21N3O7. The van der Waals surface area contributed by atoms with Crippen molar-refractivity contribution in [2.45, 2.75) is 37.9 Å². The summed E-state index contributed by atoms with van der Waals surface area (Å²) in [7, 11) is 1.52. The Kier molecular flexibility index (Phi) is 5.89. The van der Waals surface area contributed by atoms with Crippen molar-refractivity contribution in [3.63, 3.8) is 0 Å². The van der Waals surface area contributed by atoms with E-state index in [4.69, 9.17) is 14.6 Å². The molecule has 0 aliphatic carbocycles. The molecule has 0 radical (unpaired) electrons. The summed E-state index contributed by atoms with van der Waals surface area (Å²) in [6.45, 7) is 1.30. The Morgan fingerprint density at radius 2 is 2.21 bits per heavy atom. The number of methoxy groups -OCH3 is 1. The van der Waals surface area contributed by atoms with Crippen LogP contribution in [0.5, 0.6) is 0 Å². The van der Waals surface area contributed by atoms with Gasteiger partial charge in [0.05, 0.1) is 25.5 Å². The number of aliphatic hydroxyl groups excluding tert-OH is 3. The van der Waals surface area contributed by atoms with Gasteiger partial charge in [0.25, 0.3) is 0 Å². The lowest BCUT2D eigenvalue weighted by molar-refractivity contribution is -0.148. The van der Waals surface area contributed by atoms with Gasteiger partial charge in [-0.1, -0.05) is 12.1 Å². The molecule has 0 aromatic carbocycles. The van der Waals surface area contributed by atoms with Gasteiger partial charge in [-0.2, -0.15) is 0 Å². The second-order valence-electron chi connectivity index (χ2n) is 5.63. The highest BCUT2D eigenvalue weighted by Gasteiger charge is 2.41. The maximum absolute atomic E-state index is 11.3. The molecular weight excluding hydrogens is 322 g/mol. The van der Waals surface area contributed by atoms with E-state index in [1.54, 1.807) is 13.1 Å². The van der Waals surface area contributed by atoms with Crippen molar-refractivity contribution in [3.8, 4) is 0 Å². The first kappa shape index (κ1) is 18.3. The summed E-state index contributed by atoms with van der Waals surface area (Å²) in [6, 6.07) is -0.562. The monoisotopic (exact) mass is 343 g/mol. The number of rotatable bonds is 7. The molecule has 2 rings (SSSR count). The number of allylic oxidation sites excluding steroid dienone is 1. The fourth-order valence-electron chi connectivity index (χ4n) is 2.61. The van der Waals surface area contributed by atoms with Crippen LogP contribution >= 0.6 is 0 Å². The van der Waals surface area contributed by atoms with Gasteiger partial charge >= 0.3 is 5.97 Å². The number of hydrogen-bond acceptors (Lipinski definition) is 8. The average Bonchev–Trinajstić information content (AvgIpc) is 3.02. The Labute approximate surface area is 137 Å². The van der Waals surface area contributed by atoms with E-state index in [-0.39, 0.29) is 12.4 Å². The molecule has 1 aromatic rings.